The summed E-state index contributed by atoms with van der Waals surface area (Å²) in [7, 11) is 0. The van der Waals surface area contributed by atoms with Crippen molar-refractivity contribution in [2.75, 3.05) is 13.1 Å². The maximum absolute atomic E-state index is 11.3. The molecule has 1 aromatic heterocycles. The van der Waals surface area contributed by atoms with Gasteiger partial charge in [-0.1, -0.05) is 6.92 Å². The van der Waals surface area contributed by atoms with E-state index in [1.165, 1.54) is 12.5 Å². The highest BCUT2D eigenvalue weighted by molar-refractivity contribution is 5.96. The minimum Gasteiger partial charge on any atom is -0.472 e. The Kier molecular flexibility index (Phi) is 4.40. The Labute approximate surface area is 87.8 Å². The molecule has 5 nitrogen and oxygen atoms in total. The molecular weight excluding hydrogens is 196 g/mol. The number of hydrogen-bond acceptors (Lipinski definition) is 3. The van der Waals surface area contributed by atoms with Gasteiger partial charge in [-0.2, -0.15) is 0 Å². The second-order valence-corrected chi connectivity index (χ2v) is 3.04. The van der Waals surface area contributed by atoms with E-state index in [1.807, 2.05) is 6.92 Å². The molecule has 0 radical (unpaired) electrons. The lowest BCUT2D eigenvalue weighted by Gasteiger charge is -2.04. The van der Waals surface area contributed by atoms with Gasteiger partial charge < -0.3 is 15.1 Å². The van der Waals surface area contributed by atoms with Crippen LogP contribution in [0.3, 0.4) is 0 Å². The van der Waals surface area contributed by atoms with Crippen molar-refractivity contribution in [3.63, 3.8) is 0 Å². The normalized spacial score (nSPS) is 9.67. The number of rotatable bonds is 5. The van der Waals surface area contributed by atoms with Crippen molar-refractivity contribution in [2.45, 2.75) is 13.3 Å². The number of carbonyl (C=O) groups is 2. The molecule has 0 aliphatic carbocycles. The molecule has 15 heavy (non-hydrogen) atoms. The molecule has 0 aromatic carbocycles. The van der Waals surface area contributed by atoms with Crippen molar-refractivity contribution in [1.29, 1.82) is 0 Å². The molecule has 5 heteroatoms. The molecule has 0 aliphatic heterocycles. The van der Waals surface area contributed by atoms with Gasteiger partial charge in [-0.05, 0) is 12.5 Å². The smallest absolute Gasteiger partial charge is 0.254 e. The molecule has 0 saturated carbocycles. The lowest BCUT2D eigenvalue weighted by Crippen LogP contribution is -2.37. The monoisotopic (exact) mass is 210 g/mol. The van der Waals surface area contributed by atoms with E-state index in [0.29, 0.717) is 12.1 Å². The molecule has 82 valence electrons. The van der Waals surface area contributed by atoms with E-state index >= 15 is 0 Å². The van der Waals surface area contributed by atoms with Crippen molar-refractivity contribution >= 4 is 11.8 Å². The first-order valence-corrected chi connectivity index (χ1v) is 4.81. The van der Waals surface area contributed by atoms with Gasteiger partial charge >= 0.3 is 0 Å². The van der Waals surface area contributed by atoms with Gasteiger partial charge in [-0.25, -0.2) is 0 Å². The van der Waals surface area contributed by atoms with E-state index in [2.05, 4.69) is 10.6 Å². The average molecular weight is 210 g/mol. The first-order chi connectivity index (χ1) is 7.24. The molecule has 0 atom stereocenters. The first kappa shape index (κ1) is 11.3. The number of furan rings is 1. The molecular formula is C10H14N2O3. The van der Waals surface area contributed by atoms with Crippen molar-refractivity contribution in [3.05, 3.63) is 24.2 Å². The van der Waals surface area contributed by atoms with Gasteiger partial charge in [0.1, 0.15) is 6.26 Å². The second-order valence-electron chi connectivity index (χ2n) is 3.04. The summed E-state index contributed by atoms with van der Waals surface area (Å²) in [6.07, 6.45) is 3.62. The van der Waals surface area contributed by atoms with Crippen LogP contribution in [0.25, 0.3) is 0 Å². The lowest BCUT2D eigenvalue weighted by atomic mass is 10.3. The lowest BCUT2D eigenvalue weighted by molar-refractivity contribution is -0.120. The van der Waals surface area contributed by atoms with Crippen molar-refractivity contribution in [1.82, 2.24) is 10.6 Å². The van der Waals surface area contributed by atoms with E-state index in [0.717, 1.165) is 6.42 Å². The van der Waals surface area contributed by atoms with Crippen LogP contribution in [0.15, 0.2) is 23.0 Å². The third-order valence-electron chi connectivity index (χ3n) is 1.77. The Balaban J connectivity index is 2.25. The van der Waals surface area contributed by atoms with Gasteiger partial charge in [0.2, 0.25) is 5.91 Å². The summed E-state index contributed by atoms with van der Waals surface area (Å²) in [5, 5.41) is 5.14. The summed E-state index contributed by atoms with van der Waals surface area (Å²) in [6.45, 7) is 2.58. The van der Waals surface area contributed by atoms with Crippen LogP contribution in [0, 0.1) is 0 Å². The summed E-state index contributed by atoms with van der Waals surface area (Å²) in [4.78, 5) is 22.5. The van der Waals surface area contributed by atoms with Crippen LogP contribution in [0.2, 0.25) is 0 Å². The second kappa shape index (κ2) is 5.85. The highest BCUT2D eigenvalue weighted by atomic mass is 16.3. The molecule has 0 aliphatic rings. The highest BCUT2D eigenvalue weighted by Gasteiger charge is 2.07. The van der Waals surface area contributed by atoms with Gasteiger partial charge in [0, 0.05) is 6.54 Å². The van der Waals surface area contributed by atoms with Crippen LogP contribution in [-0.4, -0.2) is 24.9 Å². The van der Waals surface area contributed by atoms with Crippen molar-refractivity contribution in [2.24, 2.45) is 0 Å². The maximum Gasteiger partial charge on any atom is 0.254 e. The molecule has 2 N–H and O–H groups in total. The molecule has 1 rings (SSSR count). The molecule has 0 bridgehead atoms. The largest absolute Gasteiger partial charge is 0.472 e. The van der Waals surface area contributed by atoms with Crippen molar-refractivity contribution in [3.8, 4) is 0 Å². The van der Waals surface area contributed by atoms with Crippen LogP contribution in [-0.2, 0) is 4.79 Å². The number of carbonyl (C=O) groups excluding carboxylic acids is 2. The molecule has 0 spiro atoms. The van der Waals surface area contributed by atoms with E-state index in [-0.39, 0.29) is 18.4 Å². The standard InChI is InChI=1S/C10H14N2O3/c1-2-4-11-9(13)6-12-10(14)8-3-5-15-7-8/h3,5,7H,2,4,6H2,1H3,(H,11,13)(H,12,14). The summed E-state index contributed by atoms with van der Waals surface area (Å²) in [6, 6.07) is 1.54. The highest BCUT2D eigenvalue weighted by Crippen LogP contribution is 1.98. The van der Waals surface area contributed by atoms with Gasteiger partial charge in [0.05, 0.1) is 18.4 Å². The van der Waals surface area contributed by atoms with Crippen LogP contribution in [0.4, 0.5) is 0 Å². The van der Waals surface area contributed by atoms with Gasteiger partial charge in [0.25, 0.3) is 5.91 Å². The zero-order chi connectivity index (χ0) is 11.1. The third kappa shape index (κ3) is 3.84. The summed E-state index contributed by atoms with van der Waals surface area (Å²) in [5.41, 5.74) is 0.415. The minimum absolute atomic E-state index is 0.00991. The zero-order valence-corrected chi connectivity index (χ0v) is 8.58. The Morgan fingerprint density at radius 2 is 2.20 bits per heavy atom. The predicted octanol–water partition coefficient (Wildman–Crippen LogP) is 0.536. The average Bonchev–Trinajstić information content (AvgIpc) is 2.76. The Morgan fingerprint density at radius 3 is 2.80 bits per heavy atom. The topological polar surface area (TPSA) is 71.3 Å². The van der Waals surface area contributed by atoms with E-state index in [4.69, 9.17) is 4.42 Å². The van der Waals surface area contributed by atoms with Gasteiger partial charge in [-0.15, -0.1) is 0 Å². The van der Waals surface area contributed by atoms with E-state index in [1.54, 1.807) is 6.07 Å². The van der Waals surface area contributed by atoms with Crippen LogP contribution in [0.5, 0.6) is 0 Å². The fourth-order valence-corrected chi connectivity index (χ4v) is 0.983. The number of hydrogen-bond donors (Lipinski definition) is 2. The predicted molar refractivity (Wildman–Crippen MR) is 54.3 cm³/mol. The van der Waals surface area contributed by atoms with Crippen molar-refractivity contribution < 1.29 is 14.0 Å². The van der Waals surface area contributed by atoms with E-state index in [9.17, 15) is 9.59 Å². The van der Waals surface area contributed by atoms with E-state index < -0.39 is 0 Å². The molecule has 1 aromatic rings. The van der Waals surface area contributed by atoms with Crippen LogP contribution >= 0.6 is 0 Å². The summed E-state index contributed by atoms with van der Waals surface area (Å²) < 4.78 is 4.75. The summed E-state index contributed by atoms with van der Waals surface area (Å²) in [5.74, 6) is -0.496. The quantitative estimate of drug-likeness (QED) is 0.745. The maximum atomic E-state index is 11.3. The fourth-order valence-electron chi connectivity index (χ4n) is 0.983. The Morgan fingerprint density at radius 1 is 1.40 bits per heavy atom. The number of amides is 2. The van der Waals surface area contributed by atoms with Gasteiger partial charge in [0.15, 0.2) is 0 Å². The minimum atomic E-state index is -0.310. The van der Waals surface area contributed by atoms with Crippen LogP contribution < -0.4 is 10.6 Å². The number of nitrogens with one attached hydrogen (secondary N) is 2. The Bertz CT molecular complexity index is 319. The van der Waals surface area contributed by atoms with Crippen LogP contribution in [0.1, 0.15) is 23.7 Å². The fraction of sp³-hybridized carbons (Fsp3) is 0.400. The summed E-state index contributed by atoms with van der Waals surface area (Å²) >= 11 is 0. The first-order valence-electron chi connectivity index (χ1n) is 4.81. The third-order valence-corrected chi connectivity index (χ3v) is 1.77. The SMILES string of the molecule is CCCNC(=O)CNC(=O)c1ccoc1. The molecule has 2 amide bonds. The van der Waals surface area contributed by atoms with Gasteiger partial charge in [-0.3, -0.25) is 9.59 Å². The molecule has 0 unspecified atom stereocenters. The molecule has 0 fully saturated rings. The molecule has 0 saturated heterocycles. The molecule has 1 heterocycles. The Hall–Kier alpha value is -1.78. The zero-order valence-electron chi connectivity index (χ0n) is 8.58.